The molecular weight excluding hydrogens is 110 g/mol. The fourth-order valence-electron chi connectivity index (χ4n) is 0. The number of carbonyl (C=O) groups excluding carboxylic acids is 1. The Balaban J connectivity index is 0. The van der Waals surface area contributed by atoms with Gasteiger partial charge in [0.1, 0.15) is 0 Å². The predicted molar refractivity (Wildman–Crippen MR) is 13.9 cm³/mol. The maximum atomic E-state index is 8.67. The average Bonchev–Trinajstić information content (AvgIpc) is 0.918. The summed E-state index contributed by atoms with van der Waals surface area (Å²) >= 11 is 3.15. The molecule has 0 atom stereocenters. The summed E-state index contributed by atoms with van der Waals surface area (Å²) in [6.45, 7) is 0. The van der Waals surface area contributed by atoms with Gasteiger partial charge in [-0.1, -0.05) is 0 Å². The summed E-state index contributed by atoms with van der Waals surface area (Å²) in [6.07, 6.45) is 0. The van der Waals surface area contributed by atoms with Gasteiger partial charge in [0.2, 0.25) is 0 Å². The van der Waals surface area contributed by atoms with Gasteiger partial charge in [0.05, 0.1) is 0 Å². The molecule has 0 radical (unpaired) electrons. The van der Waals surface area contributed by atoms with E-state index in [1.165, 1.54) is 0 Å². The molecule has 4 heavy (non-hydrogen) atoms. The fourth-order valence-corrected chi connectivity index (χ4v) is 0. The molecule has 0 aliphatic rings. The quantitative estimate of drug-likeness (QED) is 0.292. The van der Waals surface area contributed by atoms with E-state index >= 15 is 0 Å². The van der Waals surface area contributed by atoms with Crippen molar-refractivity contribution in [3.8, 4) is 0 Å². The van der Waals surface area contributed by atoms with Crippen LogP contribution in [0.15, 0.2) is 0 Å². The van der Waals surface area contributed by atoms with Crippen LogP contribution in [0.25, 0.3) is 0 Å². The van der Waals surface area contributed by atoms with Crippen LogP contribution >= 0.6 is 0 Å². The van der Waals surface area contributed by atoms with Crippen molar-refractivity contribution >= 4 is 34.8 Å². The Kier molecular flexibility index (Phi) is 19.9. The molecule has 0 rings (SSSR count). The molecule has 0 amide bonds. The Labute approximate surface area is 55.0 Å². The van der Waals surface area contributed by atoms with Crippen LogP contribution in [0.3, 0.4) is 0 Å². The summed E-state index contributed by atoms with van der Waals surface area (Å²) in [7, 11) is 0. The summed E-state index contributed by atoms with van der Waals surface area (Å²) in [5.74, 6) is 0. The second-order valence-electron chi connectivity index (χ2n) is 0.0786. The fraction of sp³-hybridized carbons (Fsp3) is 0. The zero-order valence-electron chi connectivity index (χ0n) is 1.32. The molecule has 1 nitrogen and oxygen atoms in total. The van der Waals surface area contributed by atoms with Crippen molar-refractivity contribution < 1.29 is 20.5 Å². The zero-order chi connectivity index (χ0) is 2.71. The van der Waals surface area contributed by atoms with Gasteiger partial charge in [-0.05, 0) is 0 Å². The molecule has 0 aromatic heterocycles. The Morgan fingerprint density at radius 2 is 1.75 bits per heavy atom. The van der Waals surface area contributed by atoms with Crippen molar-refractivity contribution in [1.82, 2.24) is 0 Å². The van der Waals surface area contributed by atoms with Gasteiger partial charge >= 0.3 is 55.3 Å². The average molecular weight is 112 g/mol. The maximum absolute atomic E-state index is 8.67. The number of hydrogen-bond donors (Lipinski definition) is 0. The predicted octanol–water partition coefficient (Wildman–Crippen LogP) is -0.925. The van der Waals surface area contributed by atoms with Crippen molar-refractivity contribution in [1.29, 1.82) is 0 Å². The third kappa shape index (κ3) is 10.9. The molecule has 0 spiro atoms. The molecule has 0 saturated heterocycles. The second-order valence-corrected chi connectivity index (χ2v) is 0.324. The molecule has 0 aliphatic carbocycles. The molecule has 22 valence electrons. The van der Waals surface area contributed by atoms with Crippen LogP contribution in [0, 0.1) is 0 Å². The molecule has 0 aromatic carbocycles. The SMILES string of the molecule is O=[CH][Co].[NaH]. The van der Waals surface area contributed by atoms with Crippen LogP contribution in [0.2, 0.25) is 0 Å². The molecule has 0 heterocycles. The summed E-state index contributed by atoms with van der Waals surface area (Å²) in [5, 5.41) is 0.438. The van der Waals surface area contributed by atoms with Gasteiger partial charge in [0.15, 0.2) is 0 Å². The number of carbonyl (C=O) groups is 1. The van der Waals surface area contributed by atoms with Gasteiger partial charge in [-0.15, -0.1) is 0 Å². The van der Waals surface area contributed by atoms with E-state index in [0.29, 0.717) is 5.22 Å². The molecular formula is CH2CoNaO. The van der Waals surface area contributed by atoms with Gasteiger partial charge in [-0.2, -0.15) is 0 Å². The number of hydrogen-bond acceptors (Lipinski definition) is 1. The van der Waals surface area contributed by atoms with Gasteiger partial charge < -0.3 is 0 Å². The Bertz CT molecular complexity index is 15.5. The zero-order valence-corrected chi connectivity index (χ0v) is 2.36. The van der Waals surface area contributed by atoms with Gasteiger partial charge in [0.25, 0.3) is 0 Å². The first kappa shape index (κ1) is 8.95. The van der Waals surface area contributed by atoms with E-state index in [0.717, 1.165) is 0 Å². The van der Waals surface area contributed by atoms with Crippen molar-refractivity contribution in [2.24, 2.45) is 0 Å². The standard InChI is InChI=1S/CHO.Co.Na.H/c1-2;;;/h1H;;;. The summed E-state index contributed by atoms with van der Waals surface area (Å²) in [6, 6.07) is 0. The van der Waals surface area contributed by atoms with Crippen LogP contribution in [-0.4, -0.2) is 34.8 Å². The van der Waals surface area contributed by atoms with Crippen molar-refractivity contribution in [2.75, 3.05) is 0 Å². The Morgan fingerprint density at radius 3 is 1.75 bits per heavy atom. The van der Waals surface area contributed by atoms with E-state index in [-0.39, 0.29) is 29.6 Å². The minimum absolute atomic E-state index is 0. The van der Waals surface area contributed by atoms with Gasteiger partial charge in [-0.25, -0.2) is 0 Å². The van der Waals surface area contributed by atoms with Crippen LogP contribution in [-0.2, 0) is 20.5 Å². The first-order chi connectivity index (χ1) is 1.41. The minimum atomic E-state index is 0. The topological polar surface area (TPSA) is 17.1 Å². The normalized spacial score (nSPS) is 3.50. The van der Waals surface area contributed by atoms with E-state index in [1.807, 2.05) is 0 Å². The third-order valence-corrected chi connectivity index (χ3v) is 0. The summed E-state index contributed by atoms with van der Waals surface area (Å²) < 4.78 is 0. The van der Waals surface area contributed by atoms with E-state index in [4.69, 9.17) is 4.79 Å². The third-order valence-electron chi connectivity index (χ3n) is 0. The monoisotopic (exact) mass is 112 g/mol. The van der Waals surface area contributed by atoms with Gasteiger partial charge in [0, 0.05) is 0 Å². The first-order valence-corrected chi connectivity index (χ1v) is 1.03. The van der Waals surface area contributed by atoms with Crippen molar-refractivity contribution in [2.45, 2.75) is 0 Å². The van der Waals surface area contributed by atoms with E-state index in [9.17, 15) is 0 Å². The second kappa shape index (κ2) is 8.90. The van der Waals surface area contributed by atoms with Crippen LogP contribution in [0.4, 0.5) is 0 Å². The molecule has 0 saturated carbocycles. The Hall–Kier alpha value is 1.18. The Morgan fingerprint density at radius 1 is 1.75 bits per heavy atom. The van der Waals surface area contributed by atoms with E-state index in [2.05, 4.69) is 15.7 Å². The summed E-state index contributed by atoms with van der Waals surface area (Å²) in [4.78, 5) is 8.67. The van der Waals surface area contributed by atoms with Gasteiger partial charge in [-0.3, -0.25) is 0 Å². The molecule has 0 bridgehead atoms. The molecule has 0 aromatic rings. The van der Waals surface area contributed by atoms with E-state index in [1.54, 1.807) is 0 Å². The molecule has 0 aliphatic heterocycles. The molecule has 3 heteroatoms. The van der Waals surface area contributed by atoms with Crippen molar-refractivity contribution in [3.05, 3.63) is 0 Å². The van der Waals surface area contributed by atoms with E-state index < -0.39 is 0 Å². The molecule has 0 unspecified atom stereocenters. The summed E-state index contributed by atoms with van der Waals surface area (Å²) in [5.41, 5.74) is 0. The number of rotatable bonds is 0. The molecule has 0 fully saturated rings. The molecule has 0 N–H and O–H groups in total. The van der Waals surface area contributed by atoms with Crippen LogP contribution < -0.4 is 0 Å². The van der Waals surface area contributed by atoms with Crippen LogP contribution in [0.5, 0.6) is 0 Å². The van der Waals surface area contributed by atoms with Crippen molar-refractivity contribution in [3.63, 3.8) is 0 Å². The first-order valence-electron chi connectivity index (χ1n) is 0.428. The van der Waals surface area contributed by atoms with Crippen LogP contribution in [0.1, 0.15) is 0 Å².